The highest BCUT2D eigenvalue weighted by Gasteiger charge is 2.37. The predicted octanol–water partition coefficient (Wildman–Crippen LogP) is 4.05. The van der Waals surface area contributed by atoms with E-state index in [0.29, 0.717) is 90.5 Å². The van der Waals surface area contributed by atoms with Crippen LogP contribution in [0.5, 0.6) is 11.5 Å². The van der Waals surface area contributed by atoms with Crippen LogP contribution in [0.1, 0.15) is 57.0 Å². The van der Waals surface area contributed by atoms with E-state index in [-0.39, 0.29) is 0 Å². The van der Waals surface area contributed by atoms with Gasteiger partial charge in [0, 0.05) is 149 Å². The SMILES string of the molecule is CC(c1cc(CN2CCOCC2)c(O)c(CN2CCOCC2)c1)(c1cc(CN2CCOCC2)c(O)c(CN2CCOCC2)c1)c1cc(CN2CCOCC2)c(I)c(CN2CCOCC2)c1. The molecule has 3 aromatic rings. The summed E-state index contributed by atoms with van der Waals surface area (Å²) >= 11 is 2.62. The number of rotatable bonds is 15. The molecule has 0 radical (unpaired) electrons. The molecule has 2 N–H and O–H groups in total. The van der Waals surface area contributed by atoms with Gasteiger partial charge in [0.05, 0.1) is 79.3 Å². The molecule has 0 atom stereocenters. The van der Waals surface area contributed by atoms with E-state index in [4.69, 9.17) is 28.4 Å². The van der Waals surface area contributed by atoms with Gasteiger partial charge < -0.3 is 38.6 Å². The van der Waals surface area contributed by atoms with Crippen molar-refractivity contribution in [3.8, 4) is 11.5 Å². The van der Waals surface area contributed by atoms with Crippen LogP contribution in [0, 0.1) is 3.57 Å². The number of nitrogens with zero attached hydrogens (tertiary/aromatic N) is 6. The Morgan fingerprint density at radius 1 is 0.369 bits per heavy atom. The Morgan fingerprint density at radius 2 is 0.554 bits per heavy atom. The van der Waals surface area contributed by atoms with Gasteiger partial charge in [-0.2, -0.15) is 0 Å². The molecule has 6 saturated heterocycles. The van der Waals surface area contributed by atoms with Crippen LogP contribution in [-0.4, -0.2) is 197 Å². The first-order chi connectivity index (χ1) is 31.8. The molecule has 15 heteroatoms. The highest BCUT2D eigenvalue weighted by Crippen LogP contribution is 2.46. The Balaban J connectivity index is 1.25. The van der Waals surface area contributed by atoms with E-state index in [0.717, 1.165) is 151 Å². The number of benzene rings is 3. The van der Waals surface area contributed by atoms with Gasteiger partial charge in [-0.05, 0) is 81.6 Å². The number of ether oxygens (including phenoxy) is 6. The van der Waals surface area contributed by atoms with Crippen molar-refractivity contribution in [2.45, 2.75) is 51.6 Å². The molecule has 9 rings (SSSR count). The highest BCUT2D eigenvalue weighted by atomic mass is 127. The van der Waals surface area contributed by atoms with Gasteiger partial charge >= 0.3 is 0 Å². The molecule has 6 heterocycles. The van der Waals surface area contributed by atoms with Gasteiger partial charge in [0.15, 0.2) is 0 Å². The Morgan fingerprint density at radius 3 is 0.769 bits per heavy atom. The zero-order valence-electron chi connectivity index (χ0n) is 38.6. The molecule has 6 fully saturated rings. The molecule has 6 aliphatic heterocycles. The van der Waals surface area contributed by atoms with Gasteiger partial charge in [-0.25, -0.2) is 0 Å². The Hall–Kier alpha value is -2.49. The topological polar surface area (TPSA) is 115 Å². The first-order valence-electron chi connectivity index (χ1n) is 24.1. The van der Waals surface area contributed by atoms with Crippen molar-refractivity contribution < 1.29 is 38.6 Å². The average Bonchev–Trinajstić information content (AvgIpc) is 3.34. The molecule has 0 spiro atoms. The zero-order valence-corrected chi connectivity index (χ0v) is 40.7. The molecule has 0 bridgehead atoms. The minimum absolute atomic E-state index is 0.379. The lowest BCUT2D eigenvalue weighted by Gasteiger charge is -2.37. The molecule has 6 aliphatic rings. The highest BCUT2D eigenvalue weighted by molar-refractivity contribution is 14.1. The zero-order chi connectivity index (χ0) is 44.6. The molecule has 0 unspecified atom stereocenters. The Labute approximate surface area is 399 Å². The van der Waals surface area contributed by atoms with E-state index >= 15 is 0 Å². The van der Waals surface area contributed by atoms with Gasteiger partial charge in [0.1, 0.15) is 11.5 Å². The smallest absolute Gasteiger partial charge is 0.124 e. The number of hydrogen-bond donors (Lipinski definition) is 2. The fourth-order valence-corrected chi connectivity index (χ4v) is 11.0. The lowest BCUT2D eigenvalue weighted by Crippen LogP contribution is -2.38. The number of halogens is 1. The minimum Gasteiger partial charge on any atom is -0.507 e. The molecule has 3 aromatic carbocycles. The van der Waals surface area contributed by atoms with Crippen molar-refractivity contribution in [1.29, 1.82) is 0 Å². The van der Waals surface area contributed by atoms with Gasteiger partial charge in [-0.15, -0.1) is 0 Å². The fourth-order valence-electron chi connectivity index (χ4n) is 10.3. The molecular weight excluding hydrogens is 939 g/mol. The predicted molar refractivity (Wildman–Crippen MR) is 258 cm³/mol. The maximum absolute atomic E-state index is 12.3. The van der Waals surface area contributed by atoms with E-state index in [1.54, 1.807) is 0 Å². The molecule has 65 heavy (non-hydrogen) atoms. The maximum Gasteiger partial charge on any atom is 0.124 e. The monoisotopic (exact) mass is 1010 g/mol. The second-order valence-corrected chi connectivity index (χ2v) is 19.9. The van der Waals surface area contributed by atoms with Crippen molar-refractivity contribution >= 4 is 22.6 Å². The fraction of sp³-hybridized carbons (Fsp3) is 0.640. The molecule has 14 nitrogen and oxygen atoms in total. The summed E-state index contributed by atoms with van der Waals surface area (Å²) in [5.74, 6) is 0.758. The molecular formula is C50H71IN6O8. The van der Waals surface area contributed by atoms with Crippen LogP contribution in [0.2, 0.25) is 0 Å². The summed E-state index contributed by atoms with van der Waals surface area (Å²) in [7, 11) is 0. The van der Waals surface area contributed by atoms with Gasteiger partial charge in [0.25, 0.3) is 0 Å². The number of hydrogen-bond acceptors (Lipinski definition) is 14. The standard InChI is InChI=1S/C50H71IN6O8/c1-50(44-26-38(32-52-2-14-60-15-3-52)47(51)39(27-44)33-53-4-16-61-17-5-53,45-28-40(34-54-6-18-62-19-7-54)48(58)41(29-45)35-55-8-20-63-21-9-55)46-30-42(36-56-10-22-64-23-11-56)49(59)43(31-46)37-57-12-24-65-25-13-57/h26-31,58-59H,2-25,32-37H2,1H3. The lowest BCUT2D eigenvalue weighted by molar-refractivity contribution is 0.0326. The molecule has 0 saturated carbocycles. The summed E-state index contributed by atoms with van der Waals surface area (Å²) in [6.45, 7) is 25.2. The maximum atomic E-state index is 12.3. The number of aromatic hydroxyl groups is 2. The second-order valence-electron chi connectivity index (χ2n) is 18.9. The second kappa shape index (κ2) is 22.7. The summed E-state index contributed by atoms with van der Waals surface area (Å²) in [5.41, 5.74) is 9.17. The number of morpholine rings is 6. The van der Waals surface area contributed by atoms with E-state index in [9.17, 15) is 10.2 Å². The minimum atomic E-state index is -0.704. The van der Waals surface area contributed by atoms with Crippen LogP contribution in [-0.2, 0) is 73.1 Å². The largest absolute Gasteiger partial charge is 0.507 e. The van der Waals surface area contributed by atoms with Crippen LogP contribution in [0.15, 0.2) is 36.4 Å². The molecule has 0 aliphatic carbocycles. The van der Waals surface area contributed by atoms with Crippen molar-refractivity contribution in [3.63, 3.8) is 0 Å². The van der Waals surface area contributed by atoms with E-state index in [1.807, 2.05) is 0 Å². The molecule has 356 valence electrons. The third kappa shape index (κ3) is 11.9. The summed E-state index contributed by atoms with van der Waals surface area (Å²) in [4.78, 5) is 14.7. The number of phenolic OH excluding ortho intramolecular Hbond substituents is 2. The van der Waals surface area contributed by atoms with Crippen LogP contribution < -0.4 is 0 Å². The summed E-state index contributed by atoms with van der Waals surface area (Å²) in [6.07, 6.45) is 0. The third-order valence-electron chi connectivity index (χ3n) is 14.5. The first kappa shape index (κ1) is 47.6. The summed E-state index contributed by atoms with van der Waals surface area (Å²) in [5, 5.41) is 24.7. The normalized spacial score (nSPS) is 22.1. The quantitative estimate of drug-likeness (QED) is 0.169. The third-order valence-corrected chi connectivity index (χ3v) is 15.9. The lowest BCUT2D eigenvalue weighted by atomic mass is 9.69. The summed E-state index contributed by atoms with van der Waals surface area (Å²) < 4.78 is 36.1. The number of phenols is 2. The van der Waals surface area contributed by atoms with E-state index in [2.05, 4.69) is 95.3 Å². The van der Waals surface area contributed by atoms with Crippen LogP contribution >= 0.6 is 22.6 Å². The average molecular weight is 1010 g/mol. The summed E-state index contributed by atoms with van der Waals surface area (Å²) in [6, 6.07) is 14.1. The van der Waals surface area contributed by atoms with E-state index < -0.39 is 5.41 Å². The van der Waals surface area contributed by atoms with Gasteiger partial charge in [0.2, 0.25) is 0 Å². The van der Waals surface area contributed by atoms with E-state index in [1.165, 1.54) is 20.3 Å². The van der Waals surface area contributed by atoms with Gasteiger partial charge in [-0.1, -0.05) is 12.1 Å². The van der Waals surface area contributed by atoms with Crippen LogP contribution in [0.4, 0.5) is 0 Å². The molecule has 0 aromatic heterocycles. The van der Waals surface area contributed by atoms with Crippen molar-refractivity contribution in [1.82, 2.24) is 29.4 Å². The Bertz CT molecular complexity index is 1680. The van der Waals surface area contributed by atoms with Gasteiger partial charge in [-0.3, -0.25) is 29.4 Å². The van der Waals surface area contributed by atoms with Crippen LogP contribution in [0.25, 0.3) is 0 Å². The van der Waals surface area contributed by atoms with Crippen molar-refractivity contribution in [3.05, 3.63) is 90.0 Å². The van der Waals surface area contributed by atoms with Crippen LogP contribution in [0.3, 0.4) is 0 Å². The first-order valence-corrected chi connectivity index (χ1v) is 25.2. The Kier molecular flexibility index (Phi) is 16.6. The molecule has 0 amide bonds. The van der Waals surface area contributed by atoms with Crippen molar-refractivity contribution in [2.75, 3.05) is 158 Å². The van der Waals surface area contributed by atoms with Crippen molar-refractivity contribution in [2.24, 2.45) is 0 Å².